The predicted octanol–water partition coefficient (Wildman–Crippen LogP) is 3.23. The normalized spacial score (nSPS) is 25.1. The van der Waals surface area contributed by atoms with Crippen LogP contribution >= 0.6 is 37.2 Å². The van der Waals surface area contributed by atoms with Gasteiger partial charge in [0.15, 0.2) is 0 Å². The van der Waals surface area contributed by atoms with Crippen molar-refractivity contribution in [2.45, 2.75) is 25.7 Å². The Bertz CT molecular complexity index is 175. The number of ether oxygens (including phenoxy) is 1. The quantitative estimate of drug-likeness (QED) is 0.316. The molecule has 6 heteroatoms. The summed E-state index contributed by atoms with van der Waals surface area (Å²) in [6, 6.07) is 0. The van der Waals surface area contributed by atoms with E-state index >= 15 is 0 Å². The van der Waals surface area contributed by atoms with Crippen LogP contribution in [0.2, 0.25) is 0 Å². The van der Waals surface area contributed by atoms with Crippen molar-refractivity contribution in [3.63, 3.8) is 0 Å². The Morgan fingerprint density at radius 3 is 2.67 bits per heavy atom. The van der Waals surface area contributed by atoms with Crippen molar-refractivity contribution in [3.05, 3.63) is 0 Å². The summed E-state index contributed by atoms with van der Waals surface area (Å²) < 4.78 is 4.67. The van der Waals surface area contributed by atoms with Crippen molar-refractivity contribution in [3.8, 4) is 0 Å². The Hall–Kier alpha value is 0.850. The predicted molar refractivity (Wildman–Crippen MR) is 74.1 cm³/mol. The number of halogens is 2. The van der Waals surface area contributed by atoms with Crippen LogP contribution in [-0.2, 0) is 14.4 Å². The molecule has 0 bridgehead atoms. The molecule has 0 saturated heterocycles. The molecule has 15 heavy (non-hydrogen) atoms. The van der Waals surface area contributed by atoms with Crippen LogP contribution < -0.4 is 0 Å². The molecule has 1 aliphatic rings. The van der Waals surface area contributed by atoms with Crippen molar-refractivity contribution in [2.75, 3.05) is 13.7 Å². The lowest BCUT2D eigenvalue weighted by Gasteiger charge is -2.26. The van der Waals surface area contributed by atoms with Crippen LogP contribution in [0.3, 0.4) is 0 Å². The first-order valence-corrected chi connectivity index (χ1v) is 11.0. The maximum absolute atomic E-state index is 11.2. The summed E-state index contributed by atoms with van der Waals surface area (Å²) in [4.78, 5) is 15.3. The molecule has 0 aromatic carbocycles. The number of methoxy groups -OCH3 is 1. The van der Waals surface area contributed by atoms with Crippen molar-refractivity contribution in [1.29, 1.82) is 0 Å². The molecule has 4 nitrogen and oxygen atoms in total. The fraction of sp³-hybridized carbons (Fsp3) is 0.889. The molecule has 2 atom stereocenters. The largest absolute Gasteiger partial charge is 0.469 e. The smallest absolute Gasteiger partial charge is 0.308 e. The number of hydrogen-bond donors (Lipinski definition) is 1. The molecule has 1 aliphatic carbocycles. The zero-order valence-electron chi connectivity index (χ0n) is 8.62. The van der Waals surface area contributed by atoms with E-state index in [0.717, 1.165) is 25.7 Å². The van der Waals surface area contributed by atoms with Crippen LogP contribution in [0.5, 0.6) is 0 Å². The Morgan fingerprint density at radius 2 is 2.13 bits per heavy atom. The van der Waals surface area contributed by atoms with E-state index in [1.807, 2.05) is 0 Å². The lowest BCUT2D eigenvalue weighted by Crippen LogP contribution is -2.25. The Morgan fingerprint density at radius 1 is 1.47 bits per heavy atom. The SMILES string of the molecule is COC(=O)C1CCCC(COO)C1.II. The molecule has 90 valence electrons. The van der Waals surface area contributed by atoms with Gasteiger partial charge in [-0.1, -0.05) is 6.42 Å². The average molecular weight is 442 g/mol. The first-order chi connectivity index (χ1) is 7.27. The van der Waals surface area contributed by atoms with Gasteiger partial charge >= 0.3 is 5.97 Å². The van der Waals surface area contributed by atoms with Gasteiger partial charge in [0.25, 0.3) is 0 Å². The lowest BCUT2D eigenvalue weighted by atomic mass is 9.82. The molecular formula is C9H16I2O4. The maximum Gasteiger partial charge on any atom is 0.308 e. The minimum Gasteiger partial charge on any atom is -0.469 e. The summed E-state index contributed by atoms with van der Waals surface area (Å²) >= 11 is 4.24. The van der Waals surface area contributed by atoms with Gasteiger partial charge in [-0.25, -0.2) is 4.89 Å². The second-order valence-corrected chi connectivity index (χ2v) is 3.55. The van der Waals surface area contributed by atoms with Crippen LogP contribution in [0.4, 0.5) is 0 Å². The third-order valence-corrected chi connectivity index (χ3v) is 2.63. The minimum absolute atomic E-state index is 0.00102. The van der Waals surface area contributed by atoms with Gasteiger partial charge in [0, 0.05) is 37.2 Å². The van der Waals surface area contributed by atoms with Gasteiger partial charge in [-0.15, -0.1) is 0 Å². The fourth-order valence-corrected chi connectivity index (χ4v) is 1.93. The zero-order chi connectivity index (χ0) is 11.7. The summed E-state index contributed by atoms with van der Waals surface area (Å²) in [5.41, 5.74) is 0. The highest BCUT2D eigenvalue weighted by Gasteiger charge is 2.27. The van der Waals surface area contributed by atoms with E-state index in [-0.39, 0.29) is 11.9 Å². The van der Waals surface area contributed by atoms with Crippen LogP contribution in [-0.4, -0.2) is 24.9 Å². The van der Waals surface area contributed by atoms with E-state index in [9.17, 15) is 4.79 Å². The van der Waals surface area contributed by atoms with Gasteiger partial charge in [0.05, 0.1) is 19.6 Å². The van der Waals surface area contributed by atoms with E-state index in [4.69, 9.17) is 5.26 Å². The molecule has 1 fully saturated rings. The number of esters is 1. The molecule has 1 saturated carbocycles. The molecular weight excluding hydrogens is 426 g/mol. The number of hydrogen-bond acceptors (Lipinski definition) is 4. The fourth-order valence-electron chi connectivity index (χ4n) is 1.93. The molecule has 0 heterocycles. The van der Waals surface area contributed by atoms with Gasteiger partial charge in [0.2, 0.25) is 0 Å². The van der Waals surface area contributed by atoms with E-state index in [0.29, 0.717) is 12.5 Å². The van der Waals surface area contributed by atoms with Crippen molar-refractivity contribution >= 4 is 43.2 Å². The lowest BCUT2D eigenvalue weighted by molar-refractivity contribution is -0.253. The van der Waals surface area contributed by atoms with Crippen LogP contribution in [0.1, 0.15) is 25.7 Å². The first-order valence-electron chi connectivity index (χ1n) is 4.76. The number of carbonyl (C=O) groups excluding carboxylic acids is 1. The Kier molecular flexibility index (Phi) is 10.6. The minimum atomic E-state index is -0.136. The average Bonchev–Trinajstić information content (AvgIpc) is 2.31. The molecule has 0 aliphatic heterocycles. The highest BCUT2D eigenvalue weighted by atomic mass is 128. The summed E-state index contributed by atoms with van der Waals surface area (Å²) in [6.45, 7) is 0.327. The third kappa shape index (κ3) is 6.22. The van der Waals surface area contributed by atoms with Gasteiger partial charge in [-0.2, -0.15) is 0 Å². The standard InChI is InChI=1S/C9H16O4.I2/c1-12-9(10)8-4-2-3-7(5-8)6-13-11;1-2/h7-8,11H,2-6H2,1H3;. The van der Waals surface area contributed by atoms with E-state index < -0.39 is 0 Å². The summed E-state index contributed by atoms with van der Waals surface area (Å²) in [7, 11) is 1.41. The van der Waals surface area contributed by atoms with Crippen molar-refractivity contribution in [1.82, 2.24) is 0 Å². The first kappa shape index (κ1) is 15.9. The number of rotatable bonds is 3. The highest BCUT2D eigenvalue weighted by molar-refractivity contribution is 15.0. The molecule has 0 radical (unpaired) electrons. The van der Waals surface area contributed by atoms with Crippen LogP contribution in [0.25, 0.3) is 0 Å². The van der Waals surface area contributed by atoms with Gasteiger partial charge in [0.1, 0.15) is 0 Å². The molecule has 0 amide bonds. The van der Waals surface area contributed by atoms with Crippen molar-refractivity contribution < 1.29 is 19.7 Å². The molecule has 0 aromatic heterocycles. The monoisotopic (exact) mass is 442 g/mol. The molecule has 0 spiro atoms. The molecule has 0 aromatic rings. The second kappa shape index (κ2) is 10.0. The Labute approximate surface area is 113 Å². The highest BCUT2D eigenvalue weighted by Crippen LogP contribution is 2.29. The van der Waals surface area contributed by atoms with E-state index in [2.05, 4.69) is 46.9 Å². The van der Waals surface area contributed by atoms with E-state index in [1.165, 1.54) is 7.11 Å². The summed E-state index contributed by atoms with van der Waals surface area (Å²) in [5, 5.41) is 8.28. The molecule has 1 N–H and O–H groups in total. The number of carbonyl (C=O) groups is 1. The third-order valence-electron chi connectivity index (χ3n) is 2.63. The second-order valence-electron chi connectivity index (χ2n) is 3.55. The van der Waals surface area contributed by atoms with Crippen LogP contribution in [0.15, 0.2) is 0 Å². The maximum atomic E-state index is 11.2. The summed E-state index contributed by atoms with van der Waals surface area (Å²) in [5.74, 6) is 0.157. The van der Waals surface area contributed by atoms with E-state index in [1.54, 1.807) is 0 Å². The molecule has 1 rings (SSSR count). The topological polar surface area (TPSA) is 55.8 Å². The van der Waals surface area contributed by atoms with Gasteiger partial charge in [-0.3, -0.25) is 10.1 Å². The van der Waals surface area contributed by atoms with Gasteiger partial charge in [-0.05, 0) is 25.2 Å². The zero-order valence-corrected chi connectivity index (χ0v) is 12.9. The Balaban J connectivity index is 0.000000921. The summed E-state index contributed by atoms with van der Waals surface area (Å²) in [6.07, 6.45) is 3.70. The van der Waals surface area contributed by atoms with Gasteiger partial charge < -0.3 is 4.74 Å². The van der Waals surface area contributed by atoms with Crippen molar-refractivity contribution in [2.24, 2.45) is 11.8 Å². The molecule has 2 unspecified atom stereocenters. The van der Waals surface area contributed by atoms with Crippen LogP contribution in [0, 0.1) is 11.8 Å².